The fourth-order valence-electron chi connectivity index (χ4n) is 0.835. The molecule has 0 fully saturated rings. The van der Waals surface area contributed by atoms with Crippen molar-refractivity contribution >= 4 is 19.5 Å². The van der Waals surface area contributed by atoms with Gasteiger partial charge in [0, 0.05) is 12.2 Å². The number of carboxylic acids is 1. The third kappa shape index (κ3) is 7.68. The standard InChI is InChI=1S/C9H15O7P/c1-3-15-17(13,16-4-2)7-14-9(12)6-5-8(10)11/h5-6H,3-4,7H2,1-2H3,(H,10,11)/b6-5+. The van der Waals surface area contributed by atoms with Crippen LogP contribution in [0.25, 0.3) is 0 Å². The van der Waals surface area contributed by atoms with Crippen LogP contribution in [0.4, 0.5) is 0 Å². The highest BCUT2D eigenvalue weighted by atomic mass is 31.2. The van der Waals surface area contributed by atoms with Gasteiger partial charge in [-0.25, -0.2) is 9.59 Å². The Morgan fingerprint density at radius 3 is 2.12 bits per heavy atom. The second kappa shape index (κ2) is 8.00. The molecule has 0 heterocycles. The first-order valence-electron chi connectivity index (χ1n) is 4.89. The van der Waals surface area contributed by atoms with E-state index in [9.17, 15) is 14.2 Å². The Morgan fingerprint density at radius 1 is 1.18 bits per heavy atom. The average molecular weight is 266 g/mol. The zero-order valence-electron chi connectivity index (χ0n) is 9.62. The number of hydrogen-bond donors (Lipinski definition) is 1. The van der Waals surface area contributed by atoms with Gasteiger partial charge >= 0.3 is 19.5 Å². The van der Waals surface area contributed by atoms with Crippen molar-refractivity contribution < 1.29 is 33.0 Å². The van der Waals surface area contributed by atoms with E-state index in [4.69, 9.17) is 14.2 Å². The van der Waals surface area contributed by atoms with E-state index in [1.54, 1.807) is 13.8 Å². The summed E-state index contributed by atoms with van der Waals surface area (Å²) >= 11 is 0. The van der Waals surface area contributed by atoms with Crippen molar-refractivity contribution in [2.45, 2.75) is 13.8 Å². The third-order valence-corrected chi connectivity index (χ3v) is 3.13. The van der Waals surface area contributed by atoms with E-state index >= 15 is 0 Å². The molecule has 0 radical (unpaired) electrons. The summed E-state index contributed by atoms with van der Waals surface area (Å²) in [4.78, 5) is 21.1. The Morgan fingerprint density at radius 2 is 1.71 bits per heavy atom. The summed E-state index contributed by atoms with van der Waals surface area (Å²) in [6, 6.07) is 0. The lowest BCUT2D eigenvalue weighted by molar-refractivity contribution is -0.137. The van der Waals surface area contributed by atoms with Crippen LogP contribution in [0.3, 0.4) is 0 Å². The van der Waals surface area contributed by atoms with Gasteiger partial charge in [-0.1, -0.05) is 0 Å². The number of rotatable bonds is 8. The second-order valence-electron chi connectivity index (χ2n) is 2.71. The highest BCUT2D eigenvalue weighted by Crippen LogP contribution is 2.47. The number of carbonyl (C=O) groups is 2. The van der Waals surface area contributed by atoms with E-state index in [1.165, 1.54) is 0 Å². The molecular weight excluding hydrogens is 251 g/mol. The lowest BCUT2D eigenvalue weighted by Gasteiger charge is -2.15. The maximum absolute atomic E-state index is 11.8. The van der Waals surface area contributed by atoms with Crippen LogP contribution in [0, 0.1) is 0 Å². The lowest BCUT2D eigenvalue weighted by atomic mass is 10.5. The molecule has 0 spiro atoms. The maximum Gasteiger partial charge on any atom is 0.367 e. The van der Waals surface area contributed by atoms with Gasteiger partial charge in [-0.3, -0.25) is 4.57 Å². The molecule has 1 N–H and O–H groups in total. The zero-order valence-corrected chi connectivity index (χ0v) is 10.5. The molecule has 7 nitrogen and oxygen atoms in total. The molecule has 8 heteroatoms. The Hall–Kier alpha value is -1.17. The highest BCUT2D eigenvalue weighted by Gasteiger charge is 2.25. The first-order chi connectivity index (χ1) is 7.93. The summed E-state index contributed by atoms with van der Waals surface area (Å²) in [5, 5.41) is 8.26. The predicted octanol–water partition coefficient (Wildman–Crippen LogP) is 1.39. The van der Waals surface area contributed by atoms with Gasteiger partial charge < -0.3 is 18.9 Å². The molecule has 0 aliphatic carbocycles. The smallest absolute Gasteiger partial charge is 0.367 e. The SMILES string of the molecule is CCOP(=O)(COC(=O)/C=C/C(=O)O)OCC. The van der Waals surface area contributed by atoms with Crippen LogP contribution in [0.2, 0.25) is 0 Å². The minimum Gasteiger partial charge on any atom is -0.478 e. The Labute approximate surface area is 98.9 Å². The van der Waals surface area contributed by atoms with Crippen molar-refractivity contribution in [1.29, 1.82) is 0 Å². The summed E-state index contributed by atoms with van der Waals surface area (Å²) in [5.41, 5.74) is 0. The topological polar surface area (TPSA) is 99.1 Å². The van der Waals surface area contributed by atoms with Gasteiger partial charge in [0.2, 0.25) is 0 Å². The third-order valence-electron chi connectivity index (χ3n) is 1.38. The molecule has 0 aliphatic rings. The van der Waals surface area contributed by atoms with E-state index < -0.39 is 25.9 Å². The summed E-state index contributed by atoms with van der Waals surface area (Å²) in [6.45, 7) is 3.55. The van der Waals surface area contributed by atoms with Gasteiger partial charge in [-0.2, -0.15) is 0 Å². The quantitative estimate of drug-likeness (QED) is 0.402. The molecule has 0 saturated heterocycles. The molecule has 0 aromatic rings. The summed E-state index contributed by atoms with van der Waals surface area (Å²) < 4.78 is 26.1. The number of carboxylic acid groups (broad SMARTS) is 1. The van der Waals surface area contributed by atoms with Gasteiger partial charge in [-0.15, -0.1) is 0 Å². The first-order valence-corrected chi connectivity index (χ1v) is 6.62. The van der Waals surface area contributed by atoms with Gasteiger partial charge in [0.1, 0.15) is 0 Å². The summed E-state index contributed by atoms with van der Waals surface area (Å²) in [5.74, 6) is -2.20. The van der Waals surface area contributed by atoms with Gasteiger partial charge in [0.25, 0.3) is 0 Å². The minimum atomic E-state index is -3.44. The van der Waals surface area contributed by atoms with Crippen LogP contribution in [-0.4, -0.2) is 36.6 Å². The Kier molecular flexibility index (Phi) is 7.45. The van der Waals surface area contributed by atoms with Crippen LogP contribution in [0.5, 0.6) is 0 Å². The minimum absolute atomic E-state index is 0.153. The molecular formula is C9H15O7P. The van der Waals surface area contributed by atoms with E-state index in [1.807, 2.05) is 0 Å². The number of hydrogen-bond acceptors (Lipinski definition) is 6. The zero-order chi connectivity index (χ0) is 13.3. The van der Waals surface area contributed by atoms with Crippen LogP contribution < -0.4 is 0 Å². The van der Waals surface area contributed by atoms with Crippen molar-refractivity contribution in [3.63, 3.8) is 0 Å². The van der Waals surface area contributed by atoms with Crippen molar-refractivity contribution in [3.8, 4) is 0 Å². The largest absolute Gasteiger partial charge is 0.478 e. The molecule has 0 saturated carbocycles. The monoisotopic (exact) mass is 266 g/mol. The normalized spacial score (nSPS) is 11.6. The number of aliphatic carboxylic acids is 1. The van der Waals surface area contributed by atoms with E-state index in [2.05, 4.69) is 4.74 Å². The van der Waals surface area contributed by atoms with Crippen molar-refractivity contribution in [3.05, 3.63) is 12.2 Å². The van der Waals surface area contributed by atoms with Crippen LogP contribution in [0.15, 0.2) is 12.2 Å². The number of esters is 1. The first kappa shape index (κ1) is 15.8. The predicted molar refractivity (Wildman–Crippen MR) is 58.6 cm³/mol. The van der Waals surface area contributed by atoms with Gasteiger partial charge in [-0.05, 0) is 13.8 Å². The van der Waals surface area contributed by atoms with Gasteiger partial charge in [0.05, 0.1) is 13.2 Å². The maximum atomic E-state index is 11.8. The molecule has 17 heavy (non-hydrogen) atoms. The highest BCUT2D eigenvalue weighted by molar-refractivity contribution is 7.53. The molecule has 0 aromatic carbocycles. The number of carbonyl (C=O) groups excluding carboxylic acids is 1. The summed E-state index contributed by atoms with van der Waals surface area (Å²) in [7, 11) is -3.44. The molecule has 0 aliphatic heterocycles. The molecule has 0 unspecified atom stereocenters. The molecule has 0 amide bonds. The fraction of sp³-hybridized carbons (Fsp3) is 0.556. The van der Waals surface area contributed by atoms with Crippen molar-refractivity contribution in [2.24, 2.45) is 0 Å². The molecule has 0 aromatic heterocycles. The molecule has 98 valence electrons. The fourth-order valence-corrected chi connectivity index (χ4v) is 2.13. The van der Waals surface area contributed by atoms with E-state index in [-0.39, 0.29) is 13.2 Å². The van der Waals surface area contributed by atoms with Crippen LogP contribution in [-0.2, 0) is 27.9 Å². The number of ether oxygens (including phenoxy) is 1. The van der Waals surface area contributed by atoms with E-state index in [0.717, 1.165) is 0 Å². The van der Waals surface area contributed by atoms with Crippen LogP contribution >= 0.6 is 7.60 Å². The second-order valence-corrected chi connectivity index (χ2v) is 4.71. The van der Waals surface area contributed by atoms with Crippen molar-refractivity contribution in [1.82, 2.24) is 0 Å². The molecule has 0 rings (SSSR count). The summed E-state index contributed by atoms with van der Waals surface area (Å²) in [6.07, 6.45) is 0.788. The Bertz CT molecular complexity index is 326. The van der Waals surface area contributed by atoms with Gasteiger partial charge in [0.15, 0.2) is 6.35 Å². The molecule has 0 bridgehead atoms. The lowest BCUT2D eigenvalue weighted by Crippen LogP contribution is -2.08. The molecule has 0 atom stereocenters. The Balaban J connectivity index is 4.26. The van der Waals surface area contributed by atoms with Crippen LogP contribution in [0.1, 0.15) is 13.8 Å². The average Bonchev–Trinajstić information content (AvgIpc) is 2.24. The van der Waals surface area contributed by atoms with E-state index in [0.29, 0.717) is 12.2 Å². The van der Waals surface area contributed by atoms with Crippen molar-refractivity contribution in [2.75, 3.05) is 19.6 Å².